The lowest BCUT2D eigenvalue weighted by molar-refractivity contribution is -0.139. The minimum atomic E-state index is -0.924. The number of carbonyl (C=O) groups is 1. The second kappa shape index (κ2) is 6.47. The van der Waals surface area contributed by atoms with Gasteiger partial charge in [-0.25, -0.2) is 0 Å². The Hall–Kier alpha value is -0.650. The highest BCUT2D eigenvalue weighted by Gasteiger charge is 2.11. The van der Waals surface area contributed by atoms with Crippen LogP contribution in [0.2, 0.25) is 0 Å². The first-order valence-electron chi connectivity index (χ1n) is 2.79. The Bertz CT molecular complexity index is 95.6. The molecule has 0 aromatic rings. The summed E-state index contributed by atoms with van der Waals surface area (Å²) in [6.07, 6.45) is 0.482. The minimum Gasteiger partial charge on any atom is -0.480 e. The zero-order chi connectivity index (χ0) is 7.28. The first kappa shape index (κ1) is 12.1. The molecule has 5 N–H and O–H groups in total. The Morgan fingerprint density at radius 2 is 2.20 bits per heavy atom. The van der Waals surface area contributed by atoms with Crippen molar-refractivity contribution in [2.75, 3.05) is 6.73 Å². The molecule has 0 aliphatic heterocycles. The molecule has 1 atom stereocenters. The van der Waals surface area contributed by atoms with E-state index in [9.17, 15) is 4.79 Å². The molecule has 0 radical (unpaired) electrons. The average molecular weight is 151 g/mol. The quantitative estimate of drug-likeness (QED) is 0.428. The highest BCUT2D eigenvalue weighted by atomic mass is 16.4. The van der Waals surface area contributed by atoms with Crippen molar-refractivity contribution >= 4 is 5.97 Å². The van der Waals surface area contributed by atoms with E-state index < -0.39 is 12.0 Å². The zero-order valence-corrected chi connectivity index (χ0v) is 5.79. The van der Waals surface area contributed by atoms with E-state index in [0.717, 1.165) is 0 Å². The monoisotopic (exact) mass is 151 g/mol. The molecule has 0 aromatic carbocycles. The third-order valence-corrected chi connectivity index (χ3v) is 1.04. The van der Waals surface area contributed by atoms with Crippen LogP contribution < -0.4 is 5.32 Å². The summed E-state index contributed by atoms with van der Waals surface area (Å²) in [4.78, 5) is 10.1. The molecule has 0 saturated heterocycles. The Morgan fingerprint density at radius 3 is 2.30 bits per heavy atom. The van der Waals surface area contributed by atoms with E-state index in [1.54, 1.807) is 6.92 Å². The van der Waals surface area contributed by atoms with Crippen molar-refractivity contribution < 1.29 is 20.5 Å². The molecule has 0 rings (SSSR count). The van der Waals surface area contributed by atoms with Crippen LogP contribution >= 0.6 is 0 Å². The van der Waals surface area contributed by atoms with Crippen molar-refractivity contribution in [3.05, 3.63) is 0 Å². The Balaban J connectivity index is 0. The summed E-state index contributed by atoms with van der Waals surface area (Å²) >= 11 is 0. The summed E-state index contributed by atoms with van der Waals surface area (Å²) in [6.45, 7) is 1.45. The molecule has 62 valence electrons. The first-order valence-corrected chi connectivity index (χ1v) is 2.79. The maximum Gasteiger partial charge on any atom is 0.320 e. The number of aliphatic carboxylic acids is 1. The number of hydrogen-bond acceptors (Lipinski definition) is 3. The van der Waals surface area contributed by atoms with Gasteiger partial charge in [0.1, 0.15) is 6.04 Å². The second-order valence-electron chi connectivity index (χ2n) is 1.66. The summed E-state index contributed by atoms with van der Waals surface area (Å²) in [6, 6.07) is -0.616. The van der Waals surface area contributed by atoms with E-state index in [4.69, 9.17) is 10.2 Å². The molecule has 0 aliphatic rings. The molecular weight excluding hydrogens is 138 g/mol. The van der Waals surface area contributed by atoms with Crippen LogP contribution in [0.25, 0.3) is 0 Å². The van der Waals surface area contributed by atoms with Crippen LogP contribution in [0.15, 0.2) is 0 Å². The Morgan fingerprint density at radius 1 is 1.70 bits per heavy atom. The van der Waals surface area contributed by atoms with Gasteiger partial charge in [0.05, 0.1) is 6.73 Å². The van der Waals surface area contributed by atoms with Gasteiger partial charge in [0.15, 0.2) is 0 Å². The number of hydrogen-bond donors (Lipinski definition) is 3. The zero-order valence-electron chi connectivity index (χ0n) is 5.79. The number of nitrogens with one attached hydrogen (secondary N) is 1. The van der Waals surface area contributed by atoms with E-state index in [0.29, 0.717) is 6.42 Å². The van der Waals surface area contributed by atoms with Crippen LogP contribution in [0.5, 0.6) is 0 Å². The molecule has 0 saturated carbocycles. The molecule has 5 nitrogen and oxygen atoms in total. The van der Waals surface area contributed by atoms with Gasteiger partial charge in [-0.2, -0.15) is 0 Å². The number of carboxylic acids is 1. The maximum absolute atomic E-state index is 10.1. The van der Waals surface area contributed by atoms with Crippen LogP contribution in [-0.2, 0) is 4.79 Å². The predicted octanol–water partition coefficient (Wildman–Crippen LogP) is -1.44. The topological polar surface area (TPSA) is 101 Å². The first-order chi connectivity index (χ1) is 4.22. The van der Waals surface area contributed by atoms with Gasteiger partial charge in [0.2, 0.25) is 0 Å². The summed E-state index contributed by atoms with van der Waals surface area (Å²) in [7, 11) is 0. The largest absolute Gasteiger partial charge is 0.480 e. The van der Waals surface area contributed by atoms with Gasteiger partial charge in [-0.05, 0) is 6.42 Å². The molecule has 0 aromatic heterocycles. The van der Waals surface area contributed by atoms with Gasteiger partial charge < -0.3 is 15.7 Å². The van der Waals surface area contributed by atoms with E-state index in [2.05, 4.69) is 5.32 Å². The lowest BCUT2D eigenvalue weighted by Gasteiger charge is -2.07. The van der Waals surface area contributed by atoms with E-state index >= 15 is 0 Å². The van der Waals surface area contributed by atoms with Crippen molar-refractivity contribution in [3.8, 4) is 0 Å². The SMILES string of the molecule is CCC(NCO)C(=O)O.O. The fourth-order valence-electron chi connectivity index (χ4n) is 0.516. The average Bonchev–Trinajstić information content (AvgIpc) is 1.82. The van der Waals surface area contributed by atoms with Crippen molar-refractivity contribution in [2.45, 2.75) is 19.4 Å². The van der Waals surface area contributed by atoms with Crippen molar-refractivity contribution in [1.29, 1.82) is 0 Å². The van der Waals surface area contributed by atoms with Gasteiger partial charge in [-0.3, -0.25) is 10.1 Å². The molecule has 0 bridgehead atoms. The minimum absolute atomic E-state index is 0. The van der Waals surface area contributed by atoms with Crippen LogP contribution in [0, 0.1) is 0 Å². The highest BCUT2D eigenvalue weighted by molar-refractivity contribution is 5.73. The van der Waals surface area contributed by atoms with E-state index in [-0.39, 0.29) is 12.2 Å². The number of rotatable bonds is 4. The predicted molar refractivity (Wildman–Crippen MR) is 35.6 cm³/mol. The smallest absolute Gasteiger partial charge is 0.320 e. The summed E-state index contributed by atoms with van der Waals surface area (Å²) < 4.78 is 0. The van der Waals surface area contributed by atoms with Crippen LogP contribution in [0.3, 0.4) is 0 Å². The fraction of sp³-hybridized carbons (Fsp3) is 0.800. The van der Waals surface area contributed by atoms with Gasteiger partial charge in [0, 0.05) is 0 Å². The molecule has 0 amide bonds. The van der Waals surface area contributed by atoms with Crippen molar-refractivity contribution in [2.24, 2.45) is 0 Å². The lowest BCUT2D eigenvalue weighted by atomic mass is 10.2. The molecule has 0 spiro atoms. The summed E-state index contributed by atoms with van der Waals surface area (Å²) in [5.74, 6) is -0.924. The summed E-state index contributed by atoms with van der Waals surface area (Å²) in [5, 5.41) is 19.0. The maximum atomic E-state index is 10.1. The number of carboxylic acid groups (broad SMARTS) is 1. The number of aliphatic hydroxyl groups is 1. The molecule has 0 aliphatic carbocycles. The molecular formula is C5H13NO4. The molecule has 0 fully saturated rings. The Labute approximate surface area is 59.0 Å². The molecule has 1 unspecified atom stereocenters. The second-order valence-corrected chi connectivity index (χ2v) is 1.66. The van der Waals surface area contributed by atoms with Gasteiger partial charge in [-0.1, -0.05) is 6.92 Å². The fourth-order valence-corrected chi connectivity index (χ4v) is 0.516. The van der Waals surface area contributed by atoms with Crippen molar-refractivity contribution in [1.82, 2.24) is 5.32 Å². The molecule has 5 heteroatoms. The van der Waals surface area contributed by atoms with Gasteiger partial charge in [-0.15, -0.1) is 0 Å². The standard InChI is InChI=1S/C5H11NO3.H2O/c1-2-4(5(8)9)6-3-7;/h4,6-7H,2-3H2,1H3,(H,8,9);1H2. The molecule has 10 heavy (non-hydrogen) atoms. The van der Waals surface area contributed by atoms with E-state index in [1.807, 2.05) is 0 Å². The third-order valence-electron chi connectivity index (χ3n) is 1.04. The van der Waals surface area contributed by atoms with Crippen LogP contribution in [-0.4, -0.2) is 34.4 Å². The van der Waals surface area contributed by atoms with Gasteiger partial charge >= 0.3 is 5.97 Å². The normalized spacial score (nSPS) is 11.8. The summed E-state index contributed by atoms with van der Waals surface area (Å²) in [5.41, 5.74) is 0. The van der Waals surface area contributed by atoms with E-state index in [1.165, 1.54) is 0 Å². The van der Waals surface area contributed by atoms with Crippen LogP contribution in [0.4, 0.5) is 0 Å². The van der Waals surface area contributed by atoms with Crippen molar-refractivity contribution in [3.63, 3.8) is 0 Å². The van der Waals surface area contributed by atoms with Gasteiger partial charge in [0.25, 0.3) is 0 Å². The molecule has 0 heterocycles. The third kappa shape index (κ3) is 4.25. The lowest BCUT2D eigenvalue weighted by Crippen LogP contribution is -2.36. The highest BCUT2D eigenvalue weighted by Crippen LogP contribution is 1.87. The Kier molecular flexibility index (Phi) is 7.81. The number of aliphatic hydroxyl groups excluding tert-OH is 1. The van der Waals surface area contributed by atoms with Crippen LogP contribution in [0.1, 0.15) is 13.3 Å².